The molecule has 7 nitrogen and oxygen atoms in total. The summed E-state index contributed by atoms with van der Waals surface area (Å²) in [7, 11) is 1.62. The van der Waals surface area contributed by atoms with E-state index in [1.165, 1.54) is 5.56 Å². The van der Waals surface area contributed by atoms with Crippen LogP contribution in [0.5, 0.6) is 0 Å². The Morgan fingerprint density at radius 3 is 2.50 bits per heavy atom. The van der Waals surface area contributed by atoms with Crippen LogP contribution >= 0.6 is 0 Å². The molecule has 2 aromatic carbocycles. The molecule has 1 aromatic heterocycles. The van der Waals surface area contributed by atoms with Gasteiger partial charge in [-0.2, -0.15) is 4.68 Å². The van der Waals surface area contributed by atoms with Gasteiger partial charge in [0.15, 0.2) is 5.82 Å². The molecule has 0 fully saturated rings. The first-order valence-electron chi connectivity index (χ1n) is 10.2. The van der Waals surface area contributed by atoms with Crippen LogP contribution in [-0.2, 0) is 11.2 Å². The summed E-state index contributed by atoms with van der Waals surface area (Å²) in [6.45, 7) is 8.65. The van der Waals surface area contributed by atoms with Crippen molar-refractivity contribution in [2.24, 2.45) is 5.92 Å². The fourth-order valence-electron chi connectivity index (χ4n) is 3.27. The van der Waals surface area contributed by atoms with E-state index in [2.05, 4.69) is 65.9 Å². The van der Waals surface area contributed by atoms with Gasteiger partial charge < -0.3 is 10.1 Å². The summed E-state index contributed by atoms with van der Waals surface area (Å²) < 4.78 is 6.85. The Morgan fingerprint density at radius 2 is 1.83 bits per heavy atom. The van der Waals surface area contributed by atoms with E-state index in [0.29, 0.717) is 18.1 Å². The third-order valence-electron chi connectivity index (χ3n) is 4.73. The van der Waals surface area contributed by atoms with Crippen molar-refractivity contribution in [2.45, 2.75) is 40.2 Å². The van der Waals surface area contributed by atoms with Crippen molar-refractivity contribution < 1.29 is 9.53 Å². The Morgan fingerprint density at radius 1 is 1.10 bits per heavy atom. The minimum Gasteiger partial charge on any atom is -0.383 e. The number of rotatable bonds is 8. The molecular formula is C23H29N5O2. The standard InChI is InChI=1S/C23H29N5O2/c1-15(2)10-22-25-26-27-28(22)21-12-19(18-8-6-16(3)7-9-18)11-20(13-21)23(29)24-17(4)14-30-5/h6-9,11-13,15,17H,10,14H2,1-5H3,(H,24,29)/t17-/m0/s1. The summed E-state index contributed by atoms with van der Waals surface area (Å²) >= 11 is 0. The van der Waals surface area contributed by atoms with Crippen molar-refractivity contribution in [3.8, 4) is 16.8 Å². The smallest absolute Gasteiger partial charge is 0.251 e. The summed E-state index contributed by atoms with van der Waals surface area (Å²) in [6.07, 6.45) is 0.744. The minimum absolute atomic E-state index is 0.0986. The number of benzene rings is 2. The van der Waals surface area contributed by atoms with E-state index in [-0.39, 0.29) is 11.9 Å². The number of ether oxygens (including phenoxy) is 1. The molecule has 0 saturated heterocycles. The number of amides is 1. The average molecular weight is 408 g/mol. The maximum atomic E-state index is 12.9. The molecule has 158 valence electrons. The lowest BCUT2D eigenvalue weighted by Gasteiger charge is -2.15. The number of aromatic nitrogens is 4. The second kappa shape index (κ2) is 9.63. The molecule has 0 saturated carbocycles. The SMILES string of the molecule is COC[C@H](C)NC(=O)c1cc(-c2ccc(C)cc2)cc(-n2nnnc2CC(C)C)c1. The van der Waals surface area contributed by atoms with E-state index in [1.807, 2.05) is 25.1 Å². The van der Waals surface area contributed by atoms with Crippen LogP contribution in [0.15, 0.2) is 42.5 Å². The van der Waals surface area contributed by atoms with E-state index in [9.17, 15) is 4.79 Å². The van der Waals surface area contributed by atoms with E-state index < -0.39 is 0 Å². The zero-order chi connectivity index (χ0) is 21.7. The van der Waals surface area contributed by atoms with Gasteiger partial charge in [-0.25, -0.2) is 0 Å². The van der Waals surface area contributed by atoms with Gasteiger partial charge in [0.2, 0.25) is 0 Å². The van der Waals surface area contributed by atoms with Crippen molar-refractivity contribution in [1.82, 2.24) is 25.5 Å². The number of nitrogens with one attached hydrogen (secondary N) is 1. The molecular weight excluding hydrogens is 378 g/mol. The minimum atomic E-state index is -0.159. The molecule has 1 N–H and O–H groups in total. The molecule has 0 spiro atoms. The first kappa shape index (κ1) is 21.6. The van der Waals surface area contributed by atoms with Gasteiger partial charge in [-0.3, -0.25) is 4.79 Å². The van der Waals surface area contributed by atoms with Crippen LogP contribution in [0.4, 0.5) is 0 Å². The number of hydrogen-bond donors (Lipinski definition) is 1. The highest BCUT2D eigenvalue weighted by Gasteiger charge is 2.16. The average Bonchev–Trinajstić information content (AvgIpc) is 3.15. The molecule has 1 heterocycles. The maximum Gasteiger partial charge on any atom is 0.251 e. The van der Waals surface area contributed by atoms with Crippen LogP contribution in [-0.4, -0.2) is 45.9 Å². The second-order valence-electron chi connectivity index (χ2n) is 8.07. The summed E-state index contributed by atoms with van der Waals surface area (Å²) in [5, 5.41) is 15.2. The molecule has 1 atom stereocenters. The highest BCUT2D eigenvalue weighted by atomic mass is 16.5. The lowest BCUT2D eigenvalue weighted by Crippen LogP contribution is -2.35. The number of carbonyl (C=O) groups excluding carboxylic acids is 1. The summed E-state index contributed by atoms with van der Waals surface area (Å²) in [5.41, 5.74) is 4.46. The predicted octanol–water partition coefficient (Wildman–Crippen LogP) is 3.60. The molecule has 3 rings (SSSR count). The van der Waals surface area contributed by atoms with Gasteiger partial charge in [-0.1, -0.05) is 43.7 Å². The summed E-state index contributed by atoms with van der Waals surface area (Å²) in [5.74, 6) is 1.02. The third kappa shape index (κ3) is 5.30. The second-order valence-corrected chi connectivity index (χ2v) is 8.07. The molecule has 0 bridgehead atoms. The number of aryl methyl sites for hydroxylation is 1. The molecule has 0 radical (unpaired) electrons. The van der Waals surface area contributed by atoms with Gasteiger partial charge in [0.05, 0.1) is 12.3 Å². The van der Waals surface area contributed by atoms with Gasteiger partial charge in [-0.15, -0.1) is 5.10 Å². The Bertz CT molecular complexity index is 995. The van der Waals surface area contributed by atoms with Crippen molar-refractivity contribution in [3.63, 3.8) is 0 Å². The van der Waals surface area contributed by atoms with Crippen molar-refractivity contribution >= 4 is 5.91 Å². The summed E-state index contributed by atoms with van der Waals surface area (Å²) in [6, 6.07) is 13.9. The van der Waals surface area contributed by atoms with Gasteiger partial charge >= 0.3 is 0 Å². The topological polar surface area (TPSA) is 81.9 Å². The van der Waals surface area contributed by atoms with Gasteiger partial charge in [0.25, 0.3) is 5.91 Å². The van der Waals surface area contributed by atoms with Crippen LogP contribution in [0, 0.1) is 12.8 Å². The Labute approximate surface area is 177 Å². The maximum absolute atomic E-state index is 12.9. The van der Waals surface area contributed by atoms with Gasteiger partial charge in [0, 0.05) is 25.1 Å². The molecule has 1 amide bonds. The molecule has 0 unspecified atom stereocenters. The van der Waals surface area contributed by atoms with Gasteiger partial charge in [-0.05, 0) is 59.5 Å². The van der Waals surface area contributed by atoms with Crippen LogP contribution in [0.3, 0.4) is 0 Å². The van der Waals surface area contributed by atoms with Crippen molar-refractivity contribution in [1.29, 1.82) is 0 Å². The van der Waals surface area contributed by atoms with Crippen LogP contribution in [0.1, 0.15) is 42.5 Å². The number of tetrazole rings is 1. The normalized spacial score (nSPS) is 12.2. The molecule has 7 heteroatoms. The first-order chi connectivity index (χ1) is 14.4. The van der Waals surface area contributed by atoms with E-state index in [4.69, 9.17) is 4.74 Å². The highest BCUT2D eigenvalue weighted by Crippen LogP contribution is 2.25. The van der Waals surface area contributed by atoms with Gasteiger partial charge in [0.1, 0.15) is 0 Å². The zero-order valence-electron chi connectivity index (χ0n) is 18.2. The molecule has 0 aliphatic heterocycles. The molecule has 3 aromatic rings. The van der Waals surface area contributed by atoms with E-state index >= 15 is 0 Å². The Balaban J connectivity index is 2.06. The van der Waals surface area contributed by atoms with Crippen LogP contribution < -0.4 is 5.32 Å². The van der Waals surface area contributed by atoms with E-state index in [1.54, 1.807) is 11.8 Å². The fraction of sp³-hybridized carbons (Fsp3) is 0.391. The monoisotopic (exact) mass is 407 g/mol. The third-order valence-corrected chi connectivity index (χ3v) is 4.73. The number of nitrogens with zero attached hydrogens (tertiary/aromatic N) is 4. The van der Waals surface area contributed by atoms with Crippen molar-refractivity contribution in [2.75, 3.05) is 13.7 Å². The summed E-state index contributed by atoms with van der Waals surface area (Å²) in [4.78, 5) is 12.9. The largest absolute Gasteiger partial charge is 0.383 e. The highest BCUT2D eigenvalue weighted by molar-refractivity contribution is 5.96. The lowest BCUT2D eigenvalue weighted by molar-refractivity contribution is 0.0905. The number of carbonyl (C=O) groups is 1. The number of hydrogen-bond acceptors (Lipinski definition) is 5. The van der Waals surface area contributed by atoms with E-state index in [0.717, 1.165) is 29.1 Å². The lowest BCUT2D eigenvalue weighted by atomic mass is 10.0. The van der Waals surface area contributed by atoms with Crippen molar-refractivity contribution in [3.05, 3.63) is 59.4 Å². The first-order valence-corrected chi connectivity index (χ1v) is 10.2. The Hall–Kier alpha value is -3.06. The molecule has 0 aliphatic carbocycles. The Kier molecular flexibility index (Phi) is 6.95. The predicted molar refractivity (Wildman–Crippen MR) is 117 cm³/mol. The zero-order valence-corrected chi connectivity index (χ0v) is 18.2. The fourth-order valence-corrected chi connectivity index (χ4v) is 3.27. The quantitative estimate of drug-likeness (QED) is 0.617. The number of methoxy groups -OCH3 is 1. The molecule has 0 aliphatic rings. The van der Waals surface area contributed by atoms with Crippen LogP contribution in [0.2, 0.25) is 0 Å². The van der Waals surface area contributed by atoms with Crippen LogP contribution in [0.25, 0.3) is 16.8 Å². The molecule has 30 heavy (non-hydrogen) atoms.